The highest BCUT2D eigenvalue weighted by molar-refractivity contribution is 6.30. The number of rotatable bonds is 7. The van der Waals surface area contributed by atoms with E-state index in [-0.39, 0.29) is 0 Å². The summed E-state index contributed by atoms with van der Waals surface area (Å²) in [5, 5.41) is 26.2. The first kappa shape index (κ1) is 23.8. The van der Waals surface area contributed by atoms with E-state index in [9.17, 15) is 14.9 Å². The van der Waals surface area contributed by atoms with Crippen LogP contribution in [0.3, 0.4) is 0 Å². The lowest BCUT2D eigenvalue weighted by molar-refractivity contribution is -0.134. The predicted octanol–water partition coefficient (Wildman–Crippen LogP) is 3.21. The zero-order valence-electron chi connectivity index (χ0n) is 16.1. The fraction of sp³-hybridized carbons (Fsp3) is 0.238. The fourth-order valence-corrected chi connectivity index (χ4v) is 2.61. The molecule has 2 aromatic rings. The lowest BCUT2D eigenvalue weighted by Crippen LogP contribution is -2.31. The third-order valence-corrected chi connectivity index (χ3v) is 4.18. The van der Waals surface area contributed by atoms with Crippen molar-refractivity contribution in [1.29, 1.82) is 5.26 Å². The summed E-state index contributed by atoms with van der Waals surface area (Å²) in [6.07, 6.45) is 3.52. The Morgan fingerprint density at radius 2 is 1.72 bits per heavy atom. The maximum Gasteiger partial charge on any atom is 0.328 e. The van der Waals surface area contributed by atoms with Crippen LogP contribution in [0.2, 0.25) is 5.02 Å². The molecule has 0 spiro atoms. The third kappa shape index (κ3) is 7.74. The van der Waals surface area contributed by atoms with Crippen LogP contribution in [0.5, 0.6) is 0 Å². The lowest BCUT2D eigenvalue weighted by atomic mass is 9.75. The quantitative estimate of drug-likeness (QED) is 0.667. The average Bonchev–Trinajstić information content (AvgIpc) is 2.69. The summed E-state index contributed by atoms with van der Waals surface area (Å²) in [6.45, 7) is 0.798. The van der Waals surface area contributed by atoms with Crippen molar-refractivity contribution in [2.75, 3.05) is 20.6 Å². The van der Waals surface area contributed by atoms with Gasteiger partial charge in [0, 0.05) is 23.4 Å². The molecule has 0 aliphatic rings. The molecule has 0 fully saturated rings. The molecule has 29 heavy (non-hydrogen) atoms. The maximum absolute atomic E-state index is 9.92. The van der Waals surface area contributed by atoms with Gasteiger partial charge in [0.15, 0.2) is 0 Å². The van der Waals surface area contributed by atoms with Crippen LogP contribution in [-0.2, 0) is 15.0 Å². The Bertz CT molecular complexity index is 861. The number of pyridine rings is 1. The van der Waals surface area contributed by atoms with Crippen LogP contribution in [0, 0.1) is 11.3 Å². The van der Waals surface area contributed by atoms with Gasteiger partial charge in [-0.05, 0) is 56.9 Å². The van der Waals surface area contributed by atoms with Crippen molar-refractivity contribution >= 4 is 23.5 Å². The van der Waals surface area contributed by atoms with E-state index >= 15 is 0 Å². The van der Waals surface area contributed by atoms with Gasteiger partial charge in [0.25, 0.3) is 0 Å². The van der Waals surface area contributed by atoms with Crippen LogP contribution in [-0.4, -0.2) is 52.7 Å². The number of carboxylic acids is 2. The van der Waals surface area contributed by atoms with E-state index in [1.807, 2.05) is 56.6 Å². The van der Waals surface area contributed by atoms with Crippen molar-refractivity contribution < 1.29 is 19.8 Å². The van der Waals surface area contributed by atoms with Gasteiger partial charge in [-0.3, -0.25) is 4.98 Å². The highest BCUT2D eigenvalue weighted by Crippen LogP contribution is 2.34. The number of carboxylic acid groups (broad SMARTS) is 2. The molecule has 0 saturated heterocycles. The highest BCUT2D eigenvalue weighted by atomic mass is 35.5. The number of halogens is 1. The van der Waals surface area contributed by atoms with Gasteiger partial charge in [0.2, 0.25) is 0 Å². The first-order valence-electron chi connectivity index (χ1n) is 8.58. The maximum atomic E-state index is 9.92. The summed E-state index contributed by atoms with van der Waals surface area (Å²) in [4.78, 5) is 25.6. The molecule has 2 N–H and O–H groups in total. The predicted molar refractivity (Wildman–Crippen MR) is 110 cm³/mol. The Balaban J connectivity index is 0.000000447. The smallest absolute Gasteiger partial charge is 0.328 e. The summed E-state index contributed by atoms with van der Waals surface area (Å²) in [7, 11) is 4.00. The minimum Gasteiger partial charge on any atom is -0.478 e. The molecule has 2 rings (SSSR count). The normalized spacial score (nSPS) is 12.5. The fourth-order valence-electron chi connectivity index (χ4n) is 2.48. The summed E-state index contributed by atoms with van der Waals surface area (Å²) in [5.41, 5.74) is 0.947. The van der Waals surface area contributed by atoms with E-state index in [0.29, 0.717) is 23.6 Å². The van der Waals surface area contributed by atoms with Crippen LogP contribution in [0.25, 0.3) is 0 Å². The van der Waals surface area contributed by atoms with Crippen molar-refractivity contribution in [2.45, 2.75) is 11.8 Å². The third-order valence-electron chi connectivity index (χ3n) is 3.93. The number of aromatic nitrogens is 1. The van der Waals surface area contributed by atoms with Gasteiger partial charge in [0.1, 0.15) is 5.41 Å². The van der Waals surface area contributed by atoms with E-state index in [1.54, 1.807) is 6.20 Å². The van der Waals surface area contributed by atoms with Gasteiger partial charge >= 0.3 is 11.9 Å². The van der Waals surface area contributed by atoms with Crippen molar-refractivity contribution in [2.24, 2.45) is 0 Å². The molecule has 0 radical (unpaired) electrons. The van der Waals surface area contributed by atoms with Crippen LogP contribution in [0.1, 0.15) is 17.7 Å². The molecular weight excluding hydrogens is 394 g/mol. The van der Waals surface area contributed by atoms with Crippen molar-refractivity contribution in [3.05, 3.63) is 77.1 Å². The molecule has 0 amide bonds. The van der Waals surface area contributed by atoms with E-state index in [4.69, 9.17) is 21.8 Å². The summed E-state index contributed by atoms with van der Waals surface area (Å²) in [5.74, 6) is -2.51. The number of benzene rings is 1. The minimum absolute atomic E-state index is 0.558. The molecular formula is C21H22ClN3O4. The molecule has 1 unspecified atom stereocenters. The molecule has 1 aromatic heterocycles. The highest BCUT2D eigenvalue weighted by Gasteiger charge is 2.35. The van der Waals surface area contributed by atoms with Gasteiger partial charge < -0.3 is 15.1 Å². The summed E-state index contributed by atoms with van der Waals surface area (Å²) >= 11 is 5.97. The molecule has 0 aliphatic carbocycles. The molecule has 0 saturated carbocycles. The van der Waals surface area contributed by atoms with E-state index in [0.717, 1.165) is 17.8 Å². The van der Waals surface area contributed by atoms with E-state index in [2.05, 4.69) is 16.0 Å². The van der Waals surface area contributed by atoms with Gasteiger partial charge in [-0.25, -0.2) is 9.59 Å². The van der Waals surface area contributed by atoms with Gasteiger partial charge in [-0.1, -0.05) is 29.8 Å². The number of hydrogen-bond acceptors (Lipinski definition) is 5. The second kappa shape index (κ2) is 11.6. The van der Waals surface area contributed by atoms with Crippen molar-refractivity contribution in [3.8, 4) is 6.07 Å². The molecule has 7 nitrogen and oxygen atoms in total. The molecule has 0 aliphatic heterocycles. The SMILES string of the molecule is CN(C)CCC(C#N)(c1ccc(Cl)cc1)c1ccccn1.O=C(O)/C=C\C(=O)O. The number of nitrogens with zero attached hydrogens (tertiary/aromatic N) is 3. The second-order valence-corrected chi connectivity index (χ2v) is 6.74. The summed E-state index contributed by atoms with van der Waals surface area (Å²) in [6, 6.07) is 15.6. The van der Waals surface area contributed by atoms with E-state index in [1.165, 1.54) is 0 Å². The Morgan fingerprint density at radius 3 is 2.14 bits per heavy atom. The monoisotopic (exact) mass is 415 g/mol. The zero-order chi connectivity index (χ0) is 21.9. The van der Waals surface area contributed by atoms with Crippen LogP contribution >= 0.6 is 11.6 Å². The van der Waals surface area contributed by atoms with Gasteiger partial charge in [0.05, 0.1) is 11.8 Å². The van der Waals surface area contributed by atoms with Crippen molar-refractivity contribution in [1.82, 2.24) is 9.88 Å². The molecule has 1 atom stereocenters. The van der Waals surface area contributed by atoms with Crippen molar-refractivity contribution in [3.63, 3.8) is 0 Å². The van der Waals surface area contributed by atoms with Crippen LogP contribution in [0.15, 0.2) is 60.8 Å². The average molecular weight is 416 g/mol. The Labute approximate surface area is 174 Å². The van der Waals surface area contributed by atoms with Crippen LogP contribution in [0.4, 0.5) is 0 Å². The number of aliphatic carboxylic acids is 2. The molecule has 8 heteroatoms. The molecule has 152 valence electrons. The standard InChI is InChI=1S/C17H18ClN3.C4H4O4/c1-21(2)12-10-17(13-19,16-5-3-4-11-20-16)14-6-8-15(18)9-7-14;5-3(6)1-2-4(7)8/h3-9,11H,10,12H2,1-2H3;1-2H,(H,5,6)(H,7,8)/b;2-1-. The number of nitriles is 1. The largest absolute Gasteiger partial charge is 0.478 e. The first-order chi connectivity index (χ1) is 13.7. The topological polar surface area (TPSA) is 115 Å². The van der Waals surface area contributed by atoms with E-state index < -0.39 is 17.4 Å². The molecule has 0 bridgehead atoms. The Morgan fingerprint density at radius 1 is 1.14 bits per heavy atom. The molecule has 1 heterocycles. The summed E-state index contributed by atoms with van der Waals surface area (Å²) < 4.78 is 0. The Kier molecular flexibility index (Phi) is 9.52. The van der Waals surface area contributed by atoms with Gasteiger partial charge in [-0.15, -0.1) is 0 Å². The second-order valence-electron chi connectivity index (χ2n) is 6.30. The lowest BCUT2D eigenvalue weighted by Gasteiger charge is -2.28. The first-order valence-corrected chi connectivity index (χ1v) is 8.96. The Hall–Kier alpha value is -3.21. The number of hydrogen-bond donors (Lipinski definition) is 2. The number of carbonyl (C=O) groups is 2. The van der Waals surface area contributed by atoms with Crippen LogP contribution < -0.4 is 0 Å². The van der Waals surface area contributed by atoms with Gasteiger partial charge in [-0.2, -0.15) is 5.26 Å². The zero-order valence-corrected chi connectivity index (χ0v) is 16.9. The minimum atomic E-state index is -1.26. The molecule has 1 aromatic carbocycles.